The SMILES string of the molecule is CCn1ccnc1CNc1cccc(NC(C)=O)c1. The zero-order chi connectivity index (χ0) is 13.7. The van der Waals surface area contributed by atoms with Gasteiger partial charge in [0, 0.05) is 37.2 Å². The number of aromatic nitrogens is 2. The van der Waals surface area contributed by atoms with E-state index < -0.39 is 0 Å². The van der Waals surface area contributed by atoms with Crippen LogP contribution in [0, 0.1) is 0 Å². The van der Waals surface area contributed by atoms with Gasteiger partial charge in [-0.15, -0.1) is 0 Å². The number of benzene rings is 1. The van der Waals surface area contributed by atoms with Gasteiger partial charge in [-0.05, 0) is 25.1 Å². The van der Waals surface area contributed by atoms with Crippen LogP contribution in [0.25, 0.3) is 0 Å². The fourth-order valence-corrected chi connectivity index (χ4v) is 1.89. The molecule has 0 saturated heterocycles. The maximum absolute atomic E-state index is 11.0. The smallest absolute Gasteiger partial charge is 0.221 e. The zero-order valence-electron chi connectivity index (χ0n) is 11.2. The first-order valence-corrected chi connectivity index (χ1v) is 6.30. The number of aryl methyl sites for hydroxylation is 1. The van der Waals surface area contributed by atoms with Crippen molar-refractivity contribution < 1.29 is 4.79 Å². The van der Waals surface area contributed by atoms with Crippen LogP contribution in [0.15, 0.2) is 36.7 Å². The Morgan fingerprint density at radius 2 is 2.16 bits per heavy atom. The fraction of sp³-hybridized carbons (Fsp3) is 0.286. The lowest BCUT2D eigenvalue weighted by molar-refractivity contribution is -0.114. The van der Waals surface area contributed by atoms with Gasteiger partial charge in [-0.1, -0.05) is 6.07 Å². The van der Waals surface area contributed by atoms with Crippen LogP contribution in [0.2, 0.25) is 0 Å². The number of amides is 1. The highest BCUT2D eigenvalue weighted by atomic mass is 16.1. The molecule has 0 saturated carbocycles. The van der Waals surface area contributed by atoms with E-state index >= 15 is 0 Å². The summed E-state index contributed by atoms with van der Waals surface area (Å²) in [7, 11) is 0. The molecule has 19 heavy (non-hydrogen) atoms. The molecule has 1 heterocycles. The fourth-order valence-electron chi connectivity index (χ4n) is 1.89. The number of carbonyl (C=O) groups is 1. The molecule has 0 aliphatic rings. The molecule has 0 spiro atoms. The number of rotatable bonds is 5. The van der Waals surface area contributed by atoms with Crippen molar-refractivity contribution in [1.82, 2.24) is 9.55 Å². The van der Waals surface area contributed by atoms with Crippen molar-refractivity contribution in [3.63, 3.8) is 0 Å². The van der Waals surface area contributed by atoms with Gasteiger partial charge in [-0.2, -0.15) is 0 Å². The van der Waals surface area contributed by atoms with Crippen molar-refractivity contribution in [3.8, 4) is 0 Å². The Hall–Kier alpha value is -2.30. The quantitative estimate of drug-likeness (QED) is 0.866. The number of nitrogens with one attached hydrogen (secondary N) is 2. The Balaban J connectivity index is 2.01. The highest BCUT2D eigenvalue weighted by molar-refractivity contribution is 5.89. The first-order valence-electron chi connectivity index (χ1n) is 6.30. The number of anilines is 2. The van der Waals surface area contributed by atoms with E-state index in [-0.39, 0.29) is 5.91 Å². The van der Waals surface area contributed by atoms with E-state index in [1.54, 1.807) is 6.20 Å². The molecular weight excluding hydrogens is 240 g/mol. The minimum atomic E-state index is -0.0707. The molecule has 100 valence electrons. The molecule has 2 N–H and O–H groups in total. The lowest BCUT2D eigenvalue weighted by Crippen LogP contribution is -2.08. The van der Waals surface area contributed by atoms with Crippen LogP contribution in [0.3, 0.4) is 0 Å². The Bertz CT molecular complexity index is 562. The summed E-state index contributed by atoms with van der Waals surface area (Å²) < 4.78 is 2.09. The molecule has 0 aliphatic heterocycles. The second-order valence-electron chi connectivity index (χ2n) is 4.25. The van der Waals surface area contributed by atoms with Crippen molar-refractivity contribution in [3.05, 3.63) is 42.5 Å². The Kier molecular flexibility index (Phi) is 4.18. The normalized spacial score (nSPS) is 10.2. The average molecular weight is 258 g/mol. The number of nitrogens with zero attached hydrogens (tertiary/aromatic N) is 2. The van der Waals surface area contributed by atoms with Gasteiger partial charge in [0.1, 0.15) is 5.82 Å². The van der Waals surface area contributed by atoms with Gasteiger partial charge in [0.25, 0.3) is 0 Å². The van der Waals surface area contributed by atoms with Gasteiger partial charge < -0.3 is 15.2 Å². The predicted octanol–water partition coefficient (Wildman–Crippen LogP) is 2.47. The highest BCUT2D eigenvalue weighted by Crippen LogP contribution is 2.15. The summed E-state index contributed by atoms with van der Waals surface area (Å²) in [5.74, 6) is 0.922. The molecule has 0 unspecified atom stereocenters. The molecular formula is C14H18N4O. The monoisotopic (exact) mass is 258 g/mol. The molecule has 2 rings (SSSR count). The van der Waals surface area contributed by atoms with E-state index in [0.29, 0.717) is 6.54 Å². The molecule has 5 nitrogen and oxygen atoms in total. The van der Waals surface area contributed by atoms with E-state index in [1.165, 1.54) is 6.92 Å². The van der Waals surface area contributed by atoms with Gasteiger partial charge in [-0.25, -0.2) is 4.98 Å². The van der Waals surface area contributed by atoms with Crippen molar-refractivity contribution in [2.45, 2.75) is 26.9 Å². The summed E-state index contributed by atoms with van der Waals surface area (Å²) in [6.07, 6.45) is 3.76. The molecule has 0 aliphatic carbocycles. The van der Waals surface area contributed by atoms with Crippen molar-refractivity contribution in [2.24, 2.45) is 0 Å². The molecule has 0 atom stereocenters. The number of carbonyl (C=O) groups excluding carboxylic acids is 1. The van der Waals surface area contributed by atoms with Gasteiger partial charge in [0.2, 0.25) is 5.91 Å². The summed E-state index contributed by atoms with van der Waals surface area (Å²) in [6.45, 7) is 5.15. The van der Waals surface area contributed by atoms with E-state index in [0.717, 1.165) is 23.7 Å². The number of hydrogen-bond donors (Lipinski definition) is 2. The van der Waals surface area contributed by atoms with Crippen molar-refractivity contribution in [2.75, 3.05) is 10.6 Å². The summed E-state index contributed by atoms with van der Waals surface area (Å²) in [5.41, 5.74) is 1.74. The van der Waals surface area contributed by atoms with Crippen LogP contribution < -0.4 is 10.6 Å². The third-order valence-corrected chi connectivity index (χ3v) is 2.78. The Labute approximate surface area is 112 Å². The summed E-state index contributed by atoms with van der Waals surface area (Å²) >= 11 is 0. The first-order chi connectivity index (χ1) is 9.19. The van der Waals surface area contributed by atoms with E-state index in [4.69, 9.17) is 0 Å². The van der Waals surface area contributed by atoms with Crippen LogP contribution >= 0.6 is 0 Å². The maximum atomic E-state index is 11.0. The summed E-state index contributed by atoms with van der Waals surface area (Å²) in [6, 6.07) is 7.63. The molecule has 0 radical (unpaired) electrons. The minimum Gasteiger partial charge on any atom is -0.378 e. The average Bonchev–Trinajstić information content (AvgIpc) is 2.83. The van der Waals surface area contributed by atoms with Crippen LogP contribution in [0.5, 0.6) is 0 Å². The third kappa shape index (κ3) is 3.58. The predicted molar refractivity (Wildman–Crippen MR) is 76.0 cm³/mol. The van der Waals surface area contributed by atoms with Gasteiger partial charge in [-0.3, -0.25) is 4.79 Å². The molecule has 0 bridgehead atoms. The third-order valence-electron chi connectivity index (χ3n) is 2.78. The Morgan fingerprint density at radius 1 is 1.37 bits per heavy atom. The van der Waals surface area contributed by atoms with Crippen LogP contribution in [0.4, 0.5) is 11.4 Å². The molecule has 5 heteroatoms. The number of hydrogen-bond acceptors (Lipinski definition) is 3. The molecule has 0 fully saturated rings. The van der Waals surface area contributed by atoms with Crippen molar-refractivity contribution in [1.29, 1.82) is 0 Å². The second-order valence-corrected chi connectivity index (χ2v) is 4.25. The van der Waals surface area contributed by atoms with Crippen LogP contribution in [0.1, 0.15) is 19.7 Å². The summed E-state index contributed by atoms with van der Waals surface area (Å²) in [5, 5.41) is 6.06. The standard InChI is InChI=1S/C14H18N4O/c1-3-18-8-7-15-14(18)10-16-12-5-4-6-13(9-12)17-11(2)19/h4-9,16H,3,10H2,1-2H3,(H,17,19). The second kappa shape index (κ2) is 6.04. The molecule has 2 aromatic rings. The van der Waals surface area contributed by atoms with Crippen LogP contribution in [-0.4, -0.2) is 15.5 Å². The number of imidazole rings is 1. The van der Waals surface area contributed by atoms with Gasteiger partial charge >= 0.3 is 0 Å². The zero-order valence-corrected chi connectivity index (χ0v) is 11.2. The first kappa shape index (κ1) is 13.1. The molecule has 1 aromatic carbocycles. The highest BCUT2D eigenvalue weighted by Gasteiger charge is 2.02. The van der Waals surface area contributed by atoms with E-state index in [1.807, 2.05) is 30.5 Å². The van der Waals surface area contributed by atoms with Gasteiger partial charge in [0.05, 0.1) is 6.54 Å². The minimum absolute atomic E-state index is 0.0707. The van der Waals surface area contributed by atoms with E-state index in [9.17, 15) is 4.79 Å². The lowest BCUT2D eigenvalue weighted by Gasteiger charge is -2.09. The topological polar surface area (TPSA) is 59.0 Å². The molecule has 1 amide bonds. The lowest BCUT2D eigenvalue weighted by atomic mass is 10.2. The van der Waals surface area contributed by atoms with Crippen LogP contribution in [-0.2, 0) is 17.9 Å². The van der Waals surface area contributed by atoms with E-state index in [2.05, 4.69) is 27.1 Å². The van der Waals surface area contributed by atoms with Crippen molar-refractivity contribution >= 4 is 17.3 Å². The van der Waals surface area contributed by atoms with Gasteiger partial charge in [0.15, 0.2) is 0 Å². The largest absolute Gasteiger partial charge is 0.378 e. The maximum Gasteiger partial charge on any atom is 0.221 e. The summed E-state index contributed by atoms with van der Waals surface area (Å²) in [4.78, 5) is 15.3. The molecule has 1 aromatic heterocycles. The Morgan fingerprint density at radius 3 is 2.89 bits per heavy atom.